The van der Waals surface area contributed by atoms with Gasteiger partial charge in [0.1, 0.15) is 12.6 Å². The lowest BCUT2D eigenvalue weighted by molar-refractivity contribution is -0.156. The van der Waals surface area contributed by atoms with E-state index < -0.39 is 23.9 Å². The van der Waals surface area contributed by atoms with Crippen LogP contribution in [0.3, 0.4) is 0 Å². The summed E-state index contributed by atoms with van der Waals surface area (Å²) in [5.41, 5.74) is 0.854. The van der Waals surface area contributed by atoms with Gasteiger partial charge in [0.15, 0.2) is 0 Å². The molecule has 33 heavy (non-hydrogen) atoms. The number of carbonyl (C=O) groups excluding carboxylic acids is 4. The van der Waals surface area contributed by atoms with Gasteiger partial charge in [0.05, 0.1) is 13.2 Å². The number of piperazine rings is 1. The van der Waals surface area contributed by atoms with Gasteiger partial charge in [0.2, 0.25) is 5.91 Å². The van der Waals surface area contributed by atoms with E-state index in [0.717, 1.165) is 5.56 Å². The van der Waals surface area contributed by atoms with Crippen molar-refractivity contribution in [2.75, 3.05) is 52.5 Å². The Hall–Kier alpha value is -3.14. The highest BCUT2D eigenvalue weighted by Gasteiger charge is 2.34. The fraction of sp³-hybridized carbons (Fsp3) is 0.565. The van der Waals surface area contributed by atoms with Crippen LogP contribution in [0.4, 0.5) is 4.79 Å². The van der Waals surface area contributed by atoms with Crippen LogP contribution in [0, 0.1) is 5.92 Å². The maximum atomic E-state index is 13.1. The number of hydrogen-bond donors (Lipinski definition) is 1. The van der Waals surface area contributed by atoms with Crippen LogP contribution >= 0.6 is 0 Å². The molecule has 2 aliphatic heterocycles. The first-order valence-electron chi connectivity index (χ1n) is 11.3. The highest BCUT2D eigenvalue weighted by Crippen LogP contribution is 2.12. The highest BCUT2D eigenvalue weighted by atomic mass is 16.5. The van der Waals surface area contributed by atoms with Crippen LogP contribution in [0.15, 0.2) is 30.3 Å². The molecule has 0 bridgehead atoms. The van der Waals surface area contributed by atoms with Gasteiger partial charge in [-0.05, 0) is 11.5 Å². The minimum Gasteiger partial charge on any atom is -0.445 e. The molecule has 180 valence electrons. The van der Waals surface area contributed by atoms with Gasteiger partial charge in [-0.1, -0.05) is 44.2 Å². The Morgan fingerprint density at radius 2 is 1.42 bits per heavy atom. The number of alkyl carbamates (subject to hydrolysis) is 1. The number of hydrogen-bond acceptors (Lipinski definition) is 6. The quantitative estimate of drug-likeness (QED) is 0.640. The molecule has 0 saturated carbocycles. The molecule has 10 nitrogen and oxygen atoms in total. The number of benzene rings is 1. The van der Waals surface area contributed by atoms with Crippen LogP contribution in [-0.4, -0.2) is 97.0 Å². The van der Waals surface area contributed by atoms with Crippen molar-refractivity contribution in [2.24, 2.45) is 5.92 Å². The molecule has 1 N–H and O–H groups in total. The summed E-state index contributed by atoms with van der Waals surface area (Å²) in [6, 6.07) is 8.55. The number of amides is 4. The SMILES string of the molecule is CC(C)[C@H](NC(=O)OCc1ccccc1)C(=O)N1CCN(C(=O)C(=O)N2CCOCC2)CC1. The molecule has 3 rings (SSSR count). The minimum absolute atomic E-state index is 0.115. The van der Waals surface area contributed by atoms with Gasteiger partial charge in [0, 0.05) is 39.3 Å². The van der Waals surface area contributed by atoms with Gasteiger partial charge in [-0.25, -0.2) is 4.79 Å². The summed E-state index contributed by atoms with van der Waals surface area (Å²) in [7, 11) is 0. The van der Waals surface area contributed by atoms with Gasteiger partial charge in [0.25, 0.3) is 0 Å². The molecule has 2 heterocycles. The van der Waals surface area contributed by atoms with E-state index in [2.05, 4.69) is 5.32 Å². The highest BCUT2D eigenvalue weighted by molar-refractivity contribution is 6.34. The van der Waals surface area contributed by atoms with Gasteiger partial charge in [-0.3, -0.25) is 14.4 Å². The normalized spacial score (nSPS) is 17.5. The van der Waals surface area contributed by atoms with Crippen molar-refractivity contribution >= 4 is 23.8 Å². The molecule has 4 amide bonds. The zero-order valence-corrected chi connectivity index (χ0v) is 19.2. The summed E-state index contributed by atoms with van der Waals surface area (Å²) >= 11 is 0. The van der Waals surface area contributed by atoms with Gasteiger partial charge < -0.3 is 29.5 Å². The lowest BCUT2D eigenvalue weighted by atomic mass is 10.0. The average molecular weight is 461 g/mol. The Morgan fingerprint density at radius 3 is 2.00 bits per heavy atom. The van der Waals surface area contributed by atoms with Crippen molar-refractivity contribution in [3.63, 3.8) is 0 Å². The van der Waals surface area contributed by atoms with E-state index in [-0.39, 0.29) is 31.5 Å². The average Bonchev–Trinajstić information content (AvgIpc) is 2.86. The monoisotopic (exact) mass is 460 g/mol. The number of morpholine rings is 1. The second kappa shape index (κ2) is 11.6. The number of nitrogens with one attached hydrogen (secondary N) is 1. The standard InChI is InChI=1S/C23H32N4O6/c1-17(2)19(24-23(31)33-16-18-6-4-3-5-7-18)20(28)25-8-10-26(11-9-25)21(29)22(30)27-12-14-32-15-13-27/h3-7,17,19H,8-16H2,1-2H3,(H,24,31)/t19-/m0/s1. The zero-order chi connectivity index (χ0) is 23.8. The molecular formula is C23H32N4O6. The Kier molecular flexibility index (Phi) is 8.65. The van der Waals surface area contributed by atoms with Crippen LogP contribution in [0.2, 0.25) is 0 Å². The first-order valence-corrected chi connectivity index (χ1v) is 11.3. The lowest BCUT2D eigenvalue weighted by Gasteiger charge is -2.37. The molecule has 1 aromatic rings. The predicted molar refractivity (Wildman–Crippen MR) is 119 cm³/mol. The Labute approximate surface area is 193 Å². The lowest BCUT2D eigenvalue weighted by Crippen LogP contribution is -2.59. The maximum absolute atomic E-state index is 13.1. The third kappa shape index (κ3) is 6.67. The van der Waals surface area contributed by atoms with Crippen molar-refractivity contribution in [2.45, 2.75) is 26.5 Å². The van der Waals surface area contributed by atoms with Crippen molar-refractivity contribution < 1.29 is 28.7 Å². The van der Waals surface area contributed by atoms with E-state index >= 15 is 0 Å². The third-order valence-corrected chi connectivity index (χ3v) is 5.78. The van der Waals surface area contributed by atoms with Crippen LogP contribution in [0.5, 0.6) is 0 Å². The molecule has 2 saturated heterocycles. The summed E-state index contributed by atoms with van der Waals surface area (Å²) in [4.78, 5) is 54.9. The fourth-order valence-electron chi connectivity index (χ4n) is 3.77. The van der Waals surface area contributed by atoms with Gasteiger partial charge in [-0.15, -0.1) is 0 Å². The van der Waals surface area contributed by atoms with Crippen LogP contribution in [-0.2, 0) is 30.5 Å². The molecule has 0 aliphatic carbocycles. The van der Waals surface area contributed by atoms with E-state index in [0.29, 0.717) is 39.4 Å². The molecule has 2 aliphatic rings. The first kappa shape index (κ1) is 24.5. The molecule has 2 fully saturated rings. The second-order valence-electron chi connectivity index (χ2n) is 8.45. The van der Waals surface area contributed by atoms with Crippen LogP contribution in [0.25, 0.3) is 0 Å². The molecule has 1 aromatic carbocycles. The Balaban J connectivity index is 1.49. The van der Waals surface area contributed by atoms with Crippen molar-refractivity contribution in [1.29, 1.82) is 0 Å². The topological polar surface area (TPSA) is 108 Å². The molecular weight excluding hydrogens is 428 g/mol. The van der Waals surface area contributed by atoms with E-state index in [9.17, 15) is 19.2 Å². The number of ether oxygens (including phenoxy) is 2. The Bertz CT molecular complexity index is 833. The second-order valence-corrected chi connectivity index (χ2v) is 8.45. The van der Waals surface area contributed by atoms with E-state index in [1.165, 1.54) is 9.80 Å². The molecule has 0 radical (unpaired) electrons. The predicted octanol–water partition coefficient (Wildman–Crippen LogP) is 0.467. The summed E-state index contributed by atoms with van der Waals surface area (Å²) in [5.74, 6) is -1.45. The van der Waals surface area contributed by atoms with Crippen molar-refractivity contribution in [3.8, 4) is 0 Å². The van der Waals surface area contributed by atoms with Gasteiger partial charge in [-0.2, -0.15) is 0 Å². The largest absolute Gasteiger partial charge is 0.445 e. The molecule has 1 atom stereocenters. The van der Waals surface area contributed by atoms with E-state index in [4.69, 9.17) is 9.47 Å². The van der Waals surface area contributed by atoms with Crippen LogP contribution < -0.4 is 5.32 Å². The third-order valence-electron chi connectivity index (χ3n) is 5.78. The number of nitrogens with zero attached hydrogens (tertiary/aromatic N) is 3. The summed E-state index contributed by atoms with van der Waals surface area (Å²) in [5, 5.41) is 2.67. The van der Waals surface area contributed by atoms with E-state index in [1.54, 1.807) is 4.90 Å². The number of carbonyl (C=O) groups is 4. The van der Waals surface area contributed by atoms with Crippen LogP contribution in [0.1, 0.15) is 19.4 Å². The first-order chi connectivity index (χ1) is 15.9. The molecule has 10 heteroatoms. The summed E-state index contributed by atoms with van der Waals surface area (Å²) in [6.07, 6.45) is -0.657. The molecule has 0 aromatic heterocycles. The van der Waals surface area contributed by atoms with Crippen molar-refractivity contribution in [3.05, 3.63) is 35.9 Å². The maximum Gasteiger partial charge on any atom is 0.408 e. The smallest absolute Gasteiger partial charge is 0.408 e. The summed E-state index contributed by atoms with van der Waals surface area (Å²) in [6.45, 7) is 6.61. The minimum atomic E-state index is -0.745. The van der Waals surface area contributed by atoms with E-state index in [1.807, 2.05) is 44.2 Å². The molecule has 0 unspecified atom stereocenters. The molecule has 0 spiro atoms. The fourth-order valence-corrected chi connectivity index (χ4v) is 3.77. The number of rotatable bonds is 5. The Morgan fingerprint density at radius 1 is 0.879 bits per heavy atom. The zero-order valence-electron chi connectivity index (χ0n) is 19.2. The summed E-state index contributed by atoms with van der Waals surface area (Å²) < 4.78 is 10.5. The van der Waals surface area contributed by atoms with Gasteiger partial charge >= 0.3 is 17.9 Å². The van der Waals surface area contributed by atoms with Crippen molar-refractivity contribution in [1.82, 2.24) is 20.0 Å².